The lowest BCUT2D eigenvalue weighted by Crippen LogP contribution is -2.18. The number of nitrogens with one attached hydrogen (secondary N) is 1. The molecule has 0 saturated heterocycles. The van der Waals surface area contributed by atoms with Crippen LogP contribution < -0.4 is 5.32 Å². The molecule has 0 unspecified atom stereocenters. The molecule has 1 fully saturated rings. The van der Waals surface area contributed by atoms with Crippen molar-refractivity contribution in [3.8, 4) is 11.6 Å². The molecule has 1 aromatic carbocycles. The van der Waals surface area contributed by atoms with Crippen LogP contribution in [0.4, 0.5) is 6.01 Å². The van der Waals surface area contributed by atoms with Gasteiger partial charge < -0.3 is 19.9 Å². The summed E-state index contributed by atoms with van der Waals surface area (Å²) >= 11 is 0. The van der Waals surface area contributed by atoms with Gasteiger partial charge in [0, 0.05) is 5.39 Å². The van der Waals surface area contributed by atoms with Gasteiger partial charge in [-0.05, 0) is 59.9 Å². The third-order valence-electron chi connectivity index (χ3n) is 5.08. The van der Waals surface area contributed by atoms with E-state index in [1.54, 1.807) is 0 Å². The molecule has 7 nitrogen and oxygen atoms in total. The molecule has 0 amide bonds. The number of hydrogen-bond donors (Lipinski definition) is 3. The maximum atomic E-state index is 8.96. The number of pyridine rings is 1. The van der Waals surface area contributed by atoms with Crippen molar-refractivity contribution in [2.75, 3.05) is 11.9 Å². The molecule has 0 bridgehead atoms. The third kappa shape index (κ3) is 3.72. The van der Waals surface area contributed by atoms with Gasteiger partial charge in [-0.1, -0.05) is 31.9 Å². The fourth-order valence-corrected chi connectivity index (χ4v) is 3.42. The predicted molar refractivity (Wildman–Crippen MR) is 107 cm³/mol. The van der Waals surface area contributed by atoms with Crippen molar-refractivity contribution in [1.82, 2.24) is 15.2 Å². The van der Waals surface area contributed by atoms with Gasteiger partial charge in [0.15, 0.2) is 6.29 Å². The summed E-state index contributed by atoms with van der Waals surface area (Å²) in [7, 11) is 0. The van der Waals surface area contributed by atoms with E-state index in [1.165, 1.54) is 29.4 Å². The van der Waals surface area contributed by atoms with Crippen molar-refractivity contribution >= 4 is 16.9 Å². The molecule has 0 radical (unpaired) electrons. The fourth-order valence-electron chi connectivity index (χ4n) is 3.42. The Bertz CT molecular complexity index is 1020. The Balaban J connectivity index is 1.80. The second kappa shape index (κ2) is 6.83. The van der Waals surface area contributed by atoms with Crippen LogP contribution in [-0.2, 0) is 5.41 Å². The first-order valence-electron chi connectivity index (χ1n) is 9.62. The zero-order valence-electron chi connectivity index (χ0n) is 16.7. The van der Waals surface area contributed by atoms with Crippen molar-refractivity contribution < 1.29 is 14.6 Å². The number of hydrogen-bond acceptors (Lipinski definition) is 7. The van der Waals surface area contributed by atoms with E-state index in [4.69, 9.17) is 19.6 Å². The highest BCUT2D eigenvalue weighted by Gasteiger charge is 2.28. The minimum Gasteiger partial charge on any atom is -0.402 e. The largest absolute Gasteiger partial charge is 0.402 e. The lowest BCUT2D eigenvalue weighted by Gasteiger charge is -2.23. The first-order chi connectivity index (χ1) is 13.2. The van der Waals surface area contributed by atoms with E-state index >= 15 is 0 Å². The maximum Gasteiger partial charge on any atom is 0.315 e. The van der Waals surface area contributed by atoms with Crippen molar-refractivity contribution in [1.29, 1.82) is 0 Å². The van der Waals surface area contributed by atoms with Crippen molar-refractivity contribution in [2.24, 2.45) is 0 Å². The van der Waals surface area contributed by atoms with Gasteiger partial charge in [0.1, 0.15) is 5.69 Å². The van der Waals surface area contributed by atoms with Crippen LogP contribution in [0.25, 0.3) is 22.5 Å². The minimum absolute atomic E-state index is 0.0416. The molecule has 1 aliphatic carbocycles. The molecule has 1 aliphatic rings. The van der Waals surface area contributed by atoms with Gasteiger partial charge in [0.05, 0.1) is 12.1 Å². The van der Waals surface area contributed by atoms with Crippen LogP contribution in [-0.4, -0.2) is 38.2 Å². The molecule has 1 saturated carbocycles. The number of nitrogens with zero attached hydrogens (tertiary/aromatic N) is 3. The zero-order valence-corrected chi connectivity index (χ0v) is 16.7. The number of aromatic nitrogens is 3. The van der Waals surface area contributed by atoms with E-state index in [0.29, 0.717) is 17.5 Å². The van der Waals surface area contributed by atoms with Gasteiger partial charge in [-0.25, -0.2) is 4.98 Å². The maximum absolute atomic E-state index is 8.96. The Morgan fingerprint density at radius 3 is 2.57 bits per heavy atom. The lowest BCUT2D eigenvalue weighted by atomic mass is 9.83. The van der Waals surface area contributed by atoms with E-state index < -0.39 is 6.29 Å². The molecule has 3 N–H and O–H groups in total. The molecule has 148 valence electrons. The van der Waals surface area contributed by atoms with Crippen molar-refractivity contribution in [3.63, 3.8) is 0 Å². The molecule has 0 spiro atoms. The smallest absolute Gasteiger partial charge is 0.315 e. The third-order valence-corrected chi connectivity index (χ3v) is 5.08. The van der Waals surface area contributed by atoms with Gasteiger partial charge in [0.25, 0.3) is 5.89 Å². The van der Waals surface area contributed by atoms with Gasteiger partial charge in [-0.2, -0.15) is 0 Å². The molecule has 2 heterocycles. The normalized spacial score (nSPS) is 14.8. The molecule has 28 heavy (non-hydrogen) atoms. The quantitative estimate of drug-likeness (QED) is 0.580. The Hall–Kier alpha value is -2.51. The van der Waals surface area contributed by atoms with Crippen LogP contribution in [0.1, 0.15) is 56.2 Å². The van der Waals surface area contributed by atoms with Crippen LogP contribution in [0.3, 0.4) is 0 Å². The molecule has 0 atom stereocenters. The SMILES string of the molecule is Cc1cc(-c2nnc(NCC(O)O)o2)nc2c(C(C)(C)C)cc(C3CC3)cc12. The van der Waals surface area contributed by atoms with E-state index in [9.17, 15) is 0 Å². The summed E-state index contributed by atoms with van der Waals surface area (Å²) in [5, 5.41) is 29.7. The molecule has 3 aromatic rings. The first-order valence-corrected chi connectivity index (χ1v) is 9.62. The zero-order chi connectivity index (χ0) is 20.1. The predicted octanol–water partition coefficient (Wildman–Crippen LogP) is 3.49. The van der Waals surface area contributed by atoms with Gasteiger partial charge in [-0.15, -0.1) is 5.10 Å². The Morgan fingerprint density at radius 1 is 1.18 bits per heavy atom. The number of aliphatic hydroxyl groups excluding tert-OH is 1. The van der Waals surface area contributed by atoms with Crippen LogP contribution in [0.2, 0.25) is 0 Å². The van der Waals surface area contributed by atoms with Gasteiger partial charge >= 0.3 is 6.01 Å². The molecular weight excluding hydrogens is 356 g/mol. The Morgan fingerprint density at radius 2 is 1.93 bits per heavy atom. The number of benzene rings is 1. The van der Waals surface area contributed by atoms with Crippen LogP contribution in [0, 0.1) is 6.92 Å². The molecular formula is C21H26N4O3. The minimum atomic E-state index is -1.49. The summed E-state index contributed by atoms with van der Waals surface area (Å²) in [5.74, 6) is 0.974. The number of fused-ring (bicyclic) bond motifs is 1. The van der Waals surface area contributed by atoms with E-state index in [2.05, 4.69) is 55.3 Å². The number of aliphatic hydroxyl groups is 2. The van der Waals surface area contributed by atoms with E-state index in [-0.39, 0.29) is 18.0 Å². The van der Waals surface area contributed by atoms with Gasteiger partial charge in [-0.3, -0.25) is 0 Å². The Labute approximate surface area is 163 Å². The van der Waals surface area contributed by atoms with E-state index in [1.807, 2.05) is 6.07 Å². The topological polar surface area (TPSA) is 104 Å². The highest BCUT2D eigenvalue weighted by atomic mass is 16.5. The summed E-state index contributed by atoms with van der Waals surface area (Å²) in [4.78, 5) is 4.88. The van der Waals surface area contributed by atoms with Crippen LogP contribution in [0.15, 0.2) is 22.6 Å². The molecule has 0 aliphatic heterocycles. The van der Waals surface area contributed by atoms with E-state index in [0.717, 1.165) is 11.1 Å². The van der Waals surface area contributed by atoms with Crippen LogP contribution in [0.5, 0.6) is 0 Å². The second-order valence-electron chi connectivity index (χ2n) is 8.59. The molecule has 2 aromatic heterocycles. The Kier molecular flexibility index (Phi) is 4.59. The highest BCUT2D eigenvalue weighted by Crippen LogP contribution is 2.43. The second-order valence-corrected chi connectivity index (χ2v) is 8.59. The van der Waals surface area contributed by atoms with Gasteiger partial charge in [0.2, 0.25) is 0 Å². The number of rotatable bonds is 5. The van der Waals surface area contributed by atoms with Crippen LogP contribution >= 0.6 is 0 Å². The summed E-state index contributed by atoms with van der Waals surface area (Å²) < 4.78 is 5.60. The average molecular weight is 382 g/mol. The van der Waals surface area contributed by atoms with Crippen molar-refractivity contribution in [2.45, 2.75) is 58.2 Å². The summed E-state index contributed by atoms with van der Waals surface area (Å²) in [6.07, 6.45) is 1.03. The summed E-state index contributed by atoms with van der Waals surface area (Å²) in [6, 6.07) is 6.67. The highest BCUT2D eigenvalue weighted by molar-refractivity contribution is 5.88. The summed E-state index contributed by atoms with van der Waals surface area (Å²) in [6.45, 7) is 8.60. The monoisotopic (exact) mass is 382 g/mol. The molecule has 7 heteroatoms. The average Bonchev–Trinajstić information content (AvgIpc) is 3.36. The first kappa shape index (κ1) is 18.8. The molecule has 4 rings (SSSR count). The summed E-state index contributed by atoms with van der Waals surface area (Å²) in [5.41, 5.74) is 5.27. The standard InChI is InChI=1S/C21H26N4O3/c1-11-7-16(19-24-25-20(28-19)22-10-17(26)27)23-18-14(11)8-13(12-5-6-12)9-15(18)21(2,3)4/h7-9,12,17,26-27H,5-6,10H2,1-4H3,(H,22,25). The fraction of sp³-hybridized carbons (Fsp3) is 0.476. The lowest BCUT2D eigenvalue weighted by molar-refractivity contribution is -0.0279. The van der Waals surface area contributed by atoms with Crippen molar-refractivity contribution in [3.05, 3.63) is 34.9 Å². The number of anilines is 1. The number of aryl methyl sites for hydroxylation is 1.